The van der Waals surface area contributed by atoms with E-state index >= 15 is 0 Å². The van der Waals surface area contributed by atoms with Crippen LogP contribution in [-0.4, -0.2) is 27.8 Å². The minimum Gasteiger partial charge on any atom is -0.396 e. The van der Waals surface area contributed by atoms with E-state index in [0.29, 0.717) is 6.61 Å². The van der Waals surface area contributed by atoms with Gasteiger partial charge in [0.1, 0.15) is 0 Å². The van der Waals surface area contributed by atoms with Gasteiger partial charge in [-0.3, -0.25) is 0 Å². The zero-order valence-corrected chi connectivity index (χ0v) is 9.95. The molecule has 0 spiro atoms. The standard InChI is InChI=1S/C12H21N3O/c1-2-5-15-10-14-7-11(15)6-13-8-12(9-16)3-4-12/h7,10,13,16H,2-6,8-9H2,1H3. The van der Waals surface area contributed by atoms with Crippen molar-refractivity contribution in [3.05, 3.63) is 18.2 Å². The van der Waals surface area contributed by atoms with Gasteiger partial charge >= 0.3 is 0 Å². The van der Waals surface area contributed by atoms with Gasteiger partial charge in [0, 0.05) is 37.9 Å². The van der Waals surface area contributed by atoms with Crippen LogP contribution in [0.2, 0.25) is 0 Å². The van der Waals surface area contributed by atoms with E-state index in [0.717, 1.165) is 38.9 Å². The van der Waals surface area contributed by atoms with Crippen LogP contribution >= 0.6 is 0 Å². The van der Waals surface area contributed by atoms with E-state index in [1.54, 1.807) is 0 Å². The Morgan fingerprint density at radius 1 is 1.56 bits per heavy atom. The van der Waals surface area contributed by atoms with Gasteiger partial charge in [-0.15, -0.1) is 0 Å². The summed E-state index contributed by atoms with van der Waals surface area (Å²) in [6.07, 6.45) is 7.25. The Morgan fingerprint density at radius 2 is 2.38 bits per heavy atom. The summed E-state index contributed by atoms with van der Waals surface area (Å²) in [5.41, 5.74) is 1.42. The van der Waals surface area contributed by atoms with E-state index in [4.69, 9.17) is 0 Å². The SMILES string of the molecule is CCCn1cncc1CNCC1(CO)CC1. The number of aliphatic hydroxyl groups excluding tert-OH is 1. The van der Waals surface area contributed by atoms with Gasteiger partial charge in [0.2, 0.25) is 0 Å². The minimum atomic E-state index is 0.190. The summed E-state index contributed by atoms with van der Waals surface area (Å²) in [6.45, 7) is 5.28. The first-order valence-corrected chi connectivity index (χ1v) is 6.10. The Kier molecular flexibility index (Phi) is 3.61. The molecule has 0 aliphatic heterocycles. The molecule has 1 aromatic rings. The van der Waals surface area contributed by atoms with Crippen LogP contribution in [0.5, 0.6) is 0 Å². The second-order valence-corrected chi connectivity index (χ2v) is 4.84. The summed E-state index contributed by atoms with van der Waals surface area (Å²) in [7, 11) is 0. The van der Waals surface area contributed by atoms with Gasteiger partial charge in [0.05, 0.1) is 12.0 Å². The molecule has 1 aromatic heterocycles. The lowest BCUT2D eigenvalue weighted by Crippen LogP contribution is -2.26. The smallest absolute Gasteiger partial charge is 0.0948 e. The molecule has 0 radical (unpaired) electrons. The molecule has 0 amide bonds. The lowest BCUT2D eigenvalue weighted by atomic mass is 10.1. The predicted octanol–water partition coefficient (Wildman–Crippen LogP) is 1.16. The number of aryl methyl sites for hydroxylation is 1. The molecule has 0 bridgehead atoms. The lowest BCUT2D eigenvalue weighted by molar-refractivity contribution is 0.207. The quantitative estimate of drug-likeness (QED) is 0.729. The fraction of sp³-hybridized carbons (Fsp3) is 0.750. The second-order valence-electron chi connectivity index (χ2n) is 4.84. The maximum Gasteiger partial charge on any atom is 0.0948 e. The molecule has 2 N–H and O–H groups in total. The fourth-order valence-corrected chi connectivity index (χ4v) is 1.96. The molecule has 2 rings (SSSR count). The Hall–Kier alpha value is -0.870. The number of imidazole rings is 1. The largest absolute Gasteiger partial charge is 0.396 e. The number of nitrogens with zero attached hydrogens (tertiary/aromatic N) is 2. The van der Waals surface area contributed by atoms with Crippen molar-refractivity contribution in [3.63, 3.8) is 0 Å². The lowest BCUT2D eigenvalue weighted by Gasteiger charge is -2.13. The second kappa shape index (κ2) is 4.97. The van der Waals surface area contributed by atoms with Crippen LogP contribution in [0.15, 0.2) is 12.5 Å². The van der Waals surface area contributed by atoms with E-state index in [2.05, 4.69) is 21.8 Å². The average molecular weight is 223 g/mol. The molecule has 1 aliphatic rings. The number of rotatable bonds is 7. The van der Waals surface area contributed by atoms with Crippen LogP contribution in [0.4, 0.5) is 0 Å². The fourth-order valence-electron chi connectivity index (χ4n) is 1.96. The molecule has 1 saturated carbocycles. The molecule has 4 heteroatoms. The first-order chi connectivity index (χ1) is 7.79. The highest BCUT2D eigenvalue weighted by atomic mass is 16.3. The molecule has 1 heterocycles. The van der Waals surface area contributed by atoms with Gasteiger partial charge in [0.15, 0.2) is 0 Å². The van der Waals surface area contributed by atoms with Crippen molar-refractivity contribution >= 4 is 0 Å². The normalized spacial score (nSPS) is 17.6. The van der Waals surface area contributed by atoms with Crippen LogP contribution < -0.4 is 5.32 Å². The summed E-state index contributed by atoms with van der Waals surface area (Å²) in [5.74, 6) is 0. The van der Waals surface area contributed by atoms with E-state index in [-0.39, 0.29) is 5.41 Å². The highest BCUT2D eigenvalue weighted by Gasteiger charge is 2.41. The van der Waals surface area contributed by atoms with E-state index in [1.165, 1.54) is 5.69 Å². The Labute approximate surface area is 96.7 Å². The zero-order valence-electron chi connectivity index (χ0n) is 9.95. The van der Waals surface area contributed by atoms with Gasteiger partial charge in [-0.05, 0) is 19.3 Å². The summed E-state index contributed by atoms with van der Waals surface area (Å²) < 4.78 is 2.19. The minimum absolute atomic E-state index is 0.190. The van der Waals surface area contributed by atoms with Crippen molar-refractivity contribution in [1.82, 2.24) is 14.9 Å². The number of hydrogen-bond donors (Lipinski definition) is 2. The van der Waals surface area contributed by atoms with Crippen molar-refractivity contribution in [2.75, 3.05) is 13.2 Å². The van der Waals surface area contributed by atoms with Crippen LogP contribution in [0, 0.1) is 5.41 Å². The molecule has 0 unspecified atom stereocenters. The molecular formula is C12H21N3O. The van der Waals surface area contributed by atoms with Crippen LogP contribution in [0.1, 0.15) is 31.9 Å². The number of aliphatic hydroxyl groups is 1. The Bertz CT molecular complexity index is 331. The molecule has 0 atom stereocenters. The van der Waals surface area contributed by atoms with Gasteiger partial charge in [-0.25, -0.2) is 4.98 Å². The average Bonchev–Trinajstić information content (AvgIpc) is 2.95. The highest BCUT2D eigenvalue weighted by Crippen LogP contribution is 2.44. The summed E-state index contributed by atoms with van der Waals surface area (Å²) in [6, 6.07) is 0. The van der Waals surface area contributed by atoms with Crippen molar-refractivity contribution in [3.8, 4) is 0 Å². The zero-order chi connectivity index (χ0) is 11.4. The number of hydrogen-bond acceptors (Lipinski definition) is 3. The van der Waals surface area contributed by atoms with Gasteiger partial charge in [0.25, 0.3) is 0 Å². The van der Waals surface area contributed by atoms with E-state index in [9.17, 15) is 5.11 Å². The molecular weight excluding hydrogens is 202 g/mol. The maximum absolute atomic E-state index is 9.19. The van der Waals surface area contributed by atoms with Crippen LogP contribution in [0.25, 0.3) is 0 Å². The van der Waals surface area contributed by atoms with Gasteiger partial charge in [-0.2, -0.15) is 0 Å². The molecule has 1 fully saturated rings. The third-order valence-corrected chi connectivity index (χ3v) is 3.36. The van der Waals surface area contributed by atoms with E-state index < -0.39 is 0 Å². The Morgan fingerprint density at radius 3 is 3.00 bits per heavy atom. The number of aromatic nitrogens is 2. The molecule has 1 aliphatic carbocycles. The first-order valence-electron chi connectivity index (χ1n) is 6.10. The third-order valence-electron chi connectivity index (χ3n) is 3.36. The van der Waals surface area contributed by atoms with Crippen molar-refractivity contribution in [2.24, 2.45) is 5.41 Å². The molecule has 90 valence electrons. The molecule has 0 saturated heterocycles. The van der Waals surface area contributed by atoms with Crippen molar-refractivity contribution < 1.29 is 5.11 Å². The molecule has 4 nitrogen and oxygen atoms in total. The summed E-state index contributed by atoms with van der Waals surface area (Å²) in [4.78, 5) is 4.17. The highest BCUT2D eigenvalue weighted by molar-refractivity contribution is 5.00. The van der Waals surface area contributed by atoms with Crippen LogP contribution in [-0.2, 0) is 13.1 Å². The maximum atomic E-state index is 9.19. The van der Waals surface area contributed by atoms with Crippen molar-refractivity contribution in [2.45, 2.75) is 39.3 Å². The Balaban J connectivity index is 1.78. The van der Waals surface area contributed by atoms with Crippen LogP contribution in [0.3, 0.4) is 0 Å². The monoisotopic (exact) mass is 223 g/mol. The van der Waals surface area contributed by atoms with Crippen molar-refractivity contribution in [1.29, 1.82) is 0 Å². The van der Waals surface area contributed by atoms with E-state index in [1.807, 2.05) is 12.5 Å². The van der Waals surface area contributed by atoms with Gasteiger partial charge in [-0.1, -0.05) is 6.92 Å². The van der Waals surface area contributed by atoms with Gasteiger partial charge < -0.3 is 15.0 Å². The molecule has 16 heavy (non-hydrogen) atoms. The third kappa shape index (κ3) is 2.62. The summed E-state index contributed by atoms with van der Waals surface area (Å²) >= 11 is 0. The number of nitrogens with one attached hydrogen (secondary N) is 1. The summed E-state index contributed by atoms with van der Waals surface area (Å²) in [5, 5.41) is 12.6. The molecule has 0 aromatic carbocycles. The first kappa shape index (κ1) is 11.6. The predicted molar refractivity (Wildman–Crippen MR) is 63.0 cm³/mol. The topological polar surface area (TPSA) is 50.1 Å².